The van der Waals surface area contributed by atoms with Crippen LogP contribution in [0.2, 0.25) is 0 Å². The number of carbonyl (C=O) groups excluding carboxylic acids is 2. The Kier molecular flexibility index (Phi) is 5.20. The monoisotopic (exact) mass is 270 g/mol. The van der Waals surface area contributed by atoms with E-state index in [2.05, 4.69) is 5.32 Å². The van der Waals surface area contributed by atoms with Gasteiger partial charge in [0.15, 0.2) is 0 Å². The van der Waals surface area contributed by atoms with E-state index in [9.17, 15) is 9.59 Å². The summed E-state index contributed by atoms with van der Waals surface area (Å²) < 4.78 is 5.41. The van der Waals surface area contributed by atoms with Crippen LogP contribution in [0.3, 0.4) is 0 Å². The second-order valence-electron chi connectivity index (χ2n) is 6.15. The summed E-state index contributed by atoms with van der Waals surface area (Å²) >= 11 is 0. The van der Waals surface area contributed by atoms with E-state index < -0.39 is 17.7 Å². The van der Waals surface area contributed by atoms with Crippen molar-refractivity contribution in [1.29, 1.82) is 0 Å². The molecule has 5 nitrogen and oxygen atoms in total. The molecule has 0 aromatic heterocycles. The van der Waals surface area contributed by atoms with Crippen LogP contribution in [0.1, 0.15) is 47.5 Å². The minimum Gasteiger partial charge on any atom is -0.444 e. The molecule has 5 heteroatoms. The van der Waals surface area contributed by atoms with Gasteiger partial charge in [-0.25, -0.2) is 4.79 Å². The maximum atomic E-state index is 12.3. The van der Waals surface area contributed by atoms with Gasteiger partial charge in [0, 0.05) is 13.1 Å². The van der Waals surface area contributed by atoms with Crippen LogP contribution in [0.15, 0.2) is 0 Å². The lowest BCUT2D eigenvalue weighted by molar-refractivity contribution is -0.127. The first kappa shape index (κ1) is 15.8. The Morgan fingerprint density at radius 3 is 2.68 bits per heavy atom. The molecule has 0 aromatic rings. The van der Waals surface area contributed by atoms with E-state index in [1.165, 1.54) is 0 Å². The molecule has 1 rings (SSSR count). The molecular formula is C14H26N2O3. The van der Waals surface area contributed by atoms with E-state index >= 15 is 0 Å². The average molecular weight is 270 g/mol. The highest BCUT2D eigenvalue weighted by atomic mass is 16.6. The van der Waals surface area contributed by atoms with Crippen molar-refractivity contribution < 1.29 is 14.3 Å². The predicted octanol–water partition coefficient (Wildman–Crippen LogP) is 2.16. The first-order chi connectivity index (χ1) is 8.76. The molecule has 1 heterocycles. The van der Waals surface area contributed by atoms with Crippen molar-refractivity contribution in [2.24, 2.45) is 5.92 Å². The zero-order valence-corrected chi connectivity index (χ0v) is 12.7. The van der Waals surface area contributed by atoms with E-state index in [0.29, 0.717) is 13.1 Å². The van der Waals surface area contributed by atoms with Crippen LogP contribution in [0.4, 0.5) is 4.79 Å². The average Bonchev–Trinajstić information content (AvgIpc) is 2.48. The normalized spacial score (nSPS) is 22.5. The fourth-order valence-electron chi connectivity index (χ4n) is 2.16. The largest absolute Gasteiger partial charge is 0.444 e. The smallest absolute Gasteiger partial charge is 0.410 e. The molecule has 0 spiro atoms. The summed E-state index contributed by atoms with van der Waals surface area (Å²) in [6.07, 6.45) is 1.21. The molecule has 0 bridgehead atoms. The van der Waals surface area contributed by atoms with Crippen LogP contribution in [-0.4, -0.2) is 41.6 Å². The molecule has 2 amide bonds. The van der Waals surface area contributed by atoms with Crippen molar-refractivity contribution in [2.45, 2.75) is 59.1 Å². The van der Waals surface area contributed by atoms with E-state index in [1.807, 2.05) is 34.6 Å². The Balaban J connectivity index is 2.91. The Hall–Kier alpha value is -1.26. The lowest BCUT2D eigenvalue weighted by atomic mass is 9.97. The number of amides is 2. The van der Waals surface area contributed by atoms with Gasteiger partial charge in [0.25, 0.3) is 0 Å². The van der Waals surface area contributed by atoms with Crippen LogP contribution in [-0.2, 0) is 9.53 Å². The van der Waals surface area contributed by atoms with E-state index in [-0.39, 0.29) is 11.8 Å². The lowest BCUT2D eigenvalue weighted by Crippen LogP contribution is -2.51. The summed E-state index contributed by atoms with van der Waals surface area (Å²) in [5, 5.41) is 2.87. The highest BCUT2D eigenvalue weighted by Crippen LogP contribution is 2.20. The quantitative estimate of drug-likeness (QED) is 0.836. The summed E-state index contributed by atoms with van der Waals surface area (Å²) in [5.74, 6) is 0.0447. The molecule has 2 atom stereocenters. The summed E-state index contributed by atoms with van der Waals surface area (Å²) in [6, 6.07) is -0.428. The lowest BCUT2D eigenvalue weighted by Gasteiger charge is -2.33. The van der Waals surface area contributed by atoms with Gasteiger partial charge in [-0.3, -0.25) is 9.69 Å². The first-order valence-corrected chi connectivity index (χ1v) is 7.03. The number of hydrogen-bond acceptors (Lipinski definition) is 3. The van der Waals surface area contributed by atoms with Gasteiger partial charge in [-0.1, -0.05) is 20.3 Å². The van der Waals surface area contributed by atoms with Crippen LogP contribution in [0, 0.1) is 5.92 Å². The van der Waals surface area contributed by atoms with Gasteiger partial charge >= 0.3 is 6.09 Å². The number of carbonyl (C=O) groups is 2. The molecule has 1 N–H and O–H groups in total. The van der Waals surface area contributed by atoms with Gasteiger partial charge < -0.3 is 10.1 Å². The Morgan fingerprint density at radius 2 is 2.16 bits per heavy atom. The molecule has 0 radical (unpaired) electrons. The molecule has 0 aliphatic carbocycles. The number of nitrogens with one attached hydrogen (secondary N) is 1. The van der Waals surface area contributed by atoms with Crippen molar-refractivity contribution in [1.82, 2.24) is 10.2 Å². The van der Waals surface area contributed by atoms with E-state index in [1.54, 1.807) is 4.90 Å². The zero-order valence-electron chi connectivity index (χ0n) is 12.7. The third-order valence-electron chi connectivity index (χ3n) is 3.29. The van der Waals surface area contributed by atoms with Crippen molar-refractivity contribution in [2.75, 3.05) is 13.1 Å². The molecule has 1 aliphatic heterocycles. The number of nitrogens with zero attached hydrogens (tertiary/aromatic N) is 1. The van der Waals surface area contributed by atoms with Crippen molar-refractivity contribution >= 4 is 12.0 Å². The summed E-state index contributed by atoms with van der Waals surface area (Å²) in [7, 11) is 0. The van der Waals surface area contributed by atoms with E-state index in [4.69, 9.17) is 4.74 Å². The maximum absolute atomic E-state index is 12.3. The van der Waals surface area contributed by atoms with Crippen molar-refractivity contribution in [3.05, 3.63) is 0 Å². The summed E-state index contributed by atoms with van der Waals surface area (Å²) in [4.78, 5) is 26.0. The topological polar surface area (TPSA) is 58.6 Å². The molecular weight excluding hydrogens is 244 g/mol. The Bertz CT molecular complexity index is 336. The van der Waals surface area contributed by atoms with Gasteiger partial charge in [-0.05, 0) is 33.1 Å². The summed E-state index contributed by atoms with van der Waals surface area (Å²) in [5.41, 5.74) is -0.542. The molecule has 0 saturated carbocycles. The third kappa shape index (κ3) is 4.40. The van der Waals surface area contributed by atoms with E-state index in [0.717, 1.165) is 12.8 Å². The third-order valence-corrected chi connectivity index (χ3v) is 3.29. The second kappa shape index (κ2) is 6.26. The van der Waals surface area contributed by atoms with Crippen LogP contribution >= 0.6 is 0 Å². The summed E-state index contributed by atoms with van der Waals surface area (Å²) in [6.45, 7) is 10.7. The number of ether oxygens (including phenoxy) is 1. The Morgan fingerprint density at radius 1 is 1.53 bits per heavy atom. The molecule has 0 unspecified atom stereocenters. The molecule has 1 fully saturated rings. The van der Waals surface area contributed by atoms with Crippen LogP contribution in [0.25, 0.3) is 0 Å². The molecule has 110 valence electrons. The second-order valence-corrected chi connectivity index (χ2v) is 6.15. The highest BCUT2D eigenvalue weighted by Gasteiger charge is 2.36. The van der Waals surface area contributed by atoms with Gasteiger partial charge in [-0.15, -0.1) is 0 Å². The van der Waals surface area contributed by atoms with Gasteiger partial charge in [0.1, 0.15) is 11.6 Å². The SMILES string of the molecule is CC[C@H](C)[C@H]1C(=O)NCCCN1C(=O)OC(C)(C)C. The molecule has 0 aromatic carbocycles. The molecule has 19 heavy (non-hydrogen) atoms. The Labute approximate surface area is 115 Å². The maximum Gasteiger partial charge on any atom is 0.410 e. The molecule has 1 saturated heterocycles. The van der Waals surface area contributed by atoms with Gasteiger partial charge in [0.2, 0.25) is 5.91 Å². The standard InChI is InChI=1S/C14H26N2O3/c1-6-10(2)11-12(17)15-8-7-9-16(11)13(18)19-14(3,4)5/h10-11H,6-9H2,1-5H3,(H,15,17)/t10-,11-/m0/s1. The van der Waals surface area contributed by atoms with Crippen LogP contribution < -0.4 is 5.32 Å². The highest BCUT2D eigenvalue weighted by molar-refractivity contribution is 5.86. The first-order valence-electron chi connectivity index (χ1n) is 7.03. The predicted molar refractivity (Wildman–Crippen MR) is 73.8 cm³/mol. The van der Waals surface area contributed by atoms with Gasteiger partial charge in [-0.2, -0.15) is 0 Å². The van der Waals surface area contributed by atoms with Crippen molar-refractivity contribution in [3.63, 3.8) is 0 Å². The van der Waals surface area contributed by atoms with Crippen LogP contribution in [0.5, 0.6) is 0 Å². The van der Waals surface area contributed by atoms with Gasteiger partial charge in [0.05, 0.1) is 0 Å². The fourth-order valence-corrected chi connectivity index (χ4v) is 2.16. The zero-order chi connectivity index (χ0) is 14.6. The fraction of sp³-hybridized carbons (Fsp3) is 0.857. The minimum atomic E-state index is -0.542. The minimum absolute atomic E-state index is 0.0716. The van der Waals surface area contributed by atoms with Crippen molar-refractivity contribution in [3.8, 4) is 0 Å². The molecule has 1 aliphatic rings. The number of rotatable bonds is 2. The number of hydrogen-bond donors (Lipinski definition) is 1.